The third-order valence-electron chi connectivity index (χ3n) is 4.26. The largest absolute Gasteiger partial charge is 0.436 e. The van der Waals surface area contributed by atoms with Crippen LogP contribution in [0.4, 0.5) is 18.9 Å². The zero-order valence-electron chi connectivity index (χ0n) is 13.8. The van der Waals surface area contributed by atoms with Crippen LogP contribution >= 0.6 is 27.5 Å². The normalized spacial score (nSPS) is 14.5. The number of amides is 1. The van der Waals surface area contributed by atoms with Crippen LogP contribution in [0.15, 0.2) is 22.7 Å². The molecule has 1 saturated carbocycles. The highest BCUT2D eigenvalue weighted by molar-refractivity contribution is 9.10. The summed E-state index contributed by atoms with van der Waals surface area (Å²) in [6.07, 6.45) is -2.87. The van der Waals surface area contributed by atoms with Gasteiger partial charge < -0.3 is 5.32 Å². The average Bonchev–Trinajstić information content (AvgIpc) is 3.32. The molecule has 140 valence electrons. The van der Waals surface area contributed by atoms with Crippen molar-refractivity contribution in [3.63, 3.8) is 0 Å². The van der Waals surface area contributed by atoms with Gasteiger partial charge in [-0.3, -0.25) is 9.48 Å². The minimum absolute atomic E-state index is 0.0110. The number of nitrogens with one attached hydrogen (secondary N) is 1. The molecule has 1 aromatic carbocycles. The van der Waals surface area contributed by atoms with Crippen LogP contribution in [0, 0.1) is 6.92 Å². The number of hydrogen-bond donors (Lipinski definition) is 1. The molecule has 0 bridgehead atoms. The molecule has 0 unspecified atom stereocenters. The molecule has 1 aliphatic rings. The Bertz CT molecular complexity index is 847. The van der Waals surface area contributed by atoms with E-state index in [1.165, 1.54) is 4.68 Å². The molecular weight excluding hydrogens is 435 g/mol. The van der Waals surface area contributed by atoms with E-state index in [0.717, 1.165) is 18.4 Å². The number of hydrogen-bond acceptors (Lipinski definition) is 2. The Morgan fingerprint density at radius 3 is 2.73 bits per heavy atom. The molecule has 1 N–H and O–H groups in total. The summed E-state index contributed by atoms with van der Waals surface area (Å²) in [5.74, 6) is -0.247. The lowest BCUT2D eigenvalue weighted by Crippen LogP contribution is -2.17. The van der Waals surface area contributed by atoms with Crippen molar-refractivity contribution in [2.45, 2.75) is 44.8 Å². The molecular formula is C17H16BrClF3N3O. The maximum atomic E-state index is 13.1. The predicted octanol–water partition coefficient (Wildman–Crippen LogP) is 5.53. The van der Waals surface area contributed by atoms with E-state index in [2.05, 4.69) is 26.3 Å². The number of aromatic nitrogens is 2. The number of aryl methyl sites for hydroxylation is 1. The number of halogens is 5. The number of carbonyl (C=O) groups is 1. The quantitative estimate of drug-likeness (QED) is 0.651. The van der Waals surface area contributed by atoms with Gasteiger partial charge in [0.05, 0.1) is 16.7 Å². The van der Waals surface area contributed by atoms with Gasteiger partial charge in [0, 0.05) is 23.0 Å². The van der Waals surface area contributed by atoms with Gasteiger partial charge in [0.15, 0.2) is 5.69 Å². The van der Waals surface area contributed by atoms with Gasteiger partial charge in [0.2, 0.25) is 5.91 Å². The highest BCUT2D eigenvalue weighted by Crippen LogP contribution is 2.47. The fraction of sp³-hybridized carbons (Fsp3) is 0.412. The molecule has 1 amide bonds. The first-order valence-corrected chi connectivity index (χ1v) is 9.24. The zero-order valence-corrected chi connectivity index (χ0v) is 16.2. The van der Waals surface area contributed by atoms with Crippen molar-refractivity contribution >= 4 is 39.1 Å². The third kappa shape index (κ3) is 4.06. The molecule has 2 aromatic rings. The van der Waals surface area contributed by atoms with Gasteiger partial charge in [-0.25, -0.2) is 0 Å². The molecule has 1 fully saturated rings. The highest BCUT2D eigenvalue weighted by atomic mass is 79.9. The van der Waals surface area contributed by atoms with Crippen LogP contribution in [0.2, 0.25) is 5.02 Å². The summed E-state index contributed by atoms with van der Waals surface area (Å²) >= 11 is 9.06. The van der Waals surface area contributed by atoms with Crippen LogP contribution in [0.25, 0.3) is 0 Å². The van der Waals surface area contributed by atoms with Crippen molar-refractivity contribution in [2.24, 2.45) is 0 Å². The molecule has 26 heavy (non-hydrogen) atoms. The maximum Gasteiger partial charge on any atom is 0.436 e. The Hall–Kier alpha value is -1.54. The van der Waals surface area contributed by atoms with E-state index in [4.69, 9.17) is 11.6 Å². The molecule has 0 spiro atoms. The average molecular weight is 451 g/mol. The molecule has 3 rings (SSSR count). The second kappa shape index (κ2) is 7.23. The lowest BCUT2D eigenvalue weighted by Gasteiger charge is -2.10. The van der Waals surface area contributed by atoms with Gasteiger partial charge >= 0.3 is 6.18 Å². The number of nitrogens with zero attached hydrogens (tertiary/aromatic N) is 2. The minimum atomic E-state index is -4.53. The number of alkyl halides is 3. The van der Waals surface area contributed by atoms with Crippen molar-refractivity contribution in [3.8, 4) is 0 Å². The lowest BCUT2D eigenvalue weighted by atomic mass is 10.2. The minimum Gasteiger partial charge on any atom is -0.326 e. The summed E-state index contributed by atoms with van der Waals surface area (Å²) in [5.41, 5.74) is 0.902. The van der Waals surface area contributed by atoms with Crippen molar-refractivity contribution < 1.29 is 18.0 Å². The molecule has 9 heteroatoms. The Morgan fingerprint density at radius 1 is 1.42 bits per heavy atom. The second-order valence-corrected chi connectivity index (χ2v) is 7.45. The molecule has 1 aliphatic carbocycles. The third-order valence-corrected chi connectivity index (χ3v) is 5.45. The smallest absolute Gasteiger partial charge is 0.326 e. The maximum absolute atomic E-state index is 13.1. The van der Waals surface area contributed by atoms with Crippen LogP contribution in [-0.4, -0.2) is 15.7 Å². The molecule has 1 aromatic heterocycles. The van der Waals surface area contributed by atoms with Crippen molar-refractivity contribution in [3.05, 3.63) is 44.6 Å². The number of anilines is 1. The van der Waals surface area contributed by atoms with Gasteiger partial charge in [-0.2, -0.15) is 18.3 Å². The SMILES string of the molecule is Cc1c(Cl)cccc1NC(=O)CCn1nc(C(F)(F)F)c(Br)c1C1CC1. The van der Waals surface area contributed by atoms with Crippen LogP contribution in [0.5, 0.6) is 0 Å². The Kier molecular flexibility index (Phi) is 5.35. The molecule has 4 nitrogen and oxygen atoms in total. The van der Waals surface area contributed by atoms with E-state index in [-0.39, 0.29) is 29.3 Å². The van der Waals surface area contributed by atoms with Crippen molar-refractivity contribution in [2.75, 3.05) is 5.32 Å². The number of rotatable bonds is 5. The lowest BCUT2D eigenvalue weighted by molar-refractivity contribution is -0.142. The van der Waals surface area contributed by atoms with Crippen LogP contribution in [-0.2, 0) is 17.5 Å². The van der Waals surface area contributed by atoms with Gasteiger partial charge in [-0.1, -0.05) is 17.7 Å². The topological polar surface area (TPSA) is 46.9 Å². The number of benzene rings is 1. The molecule has 0 saturated heterocycles. The van der Waals surface area contributed by atoms with E-state index in [1.54, 1.807) is 25.1 Å². The van der Waals surface area contributed by atoms with E-state index in [1.807, 2.05) is 0 Å². The first-order chi connectivity index (χ1) is 12.2. The molecule has 0 aliphatic heterocycles. The van der Waals surface area contributed by atoms with E-state index in [9.17, 15) is 18.0 Å². The molecule has 1 heterocycles. The zero-order chi connectivity index (χ0) is 19.1. The highest BCUT2D eigenvalue weighted by Gasteiger charge is 2.41. The molecule has 0 atom stereocenters. The van der Waals surface area contributed by atoms with Gasteiger partial charge in [0.1, 0.15) is 0 Å². The summed E-state index contributed by atoms with van der Waals surface area (Å²) in [5, 5.41) is 6.97. The summed E-state index contributed by atoms with van der Waals surface area (Å²) < 4.78 is 40.6. The van der Waals surface area contributed by atoms with Gasteiger partial charge in [0.25, 0.3) is 0 Å². The summed E-state index contributed by atoms with van der Waals surface area (Å²) in [6.45, 7) is 1.86. The number of carbonyl (C=O) groups excluding carboxylic acids is 1. The standard InChI is InChI=1S/C17H16BrClF3N3O/c1-9-11(19)3-2-4-12(9)23-13(26)7-8-25-15(10-5-6-10)14(18)16(24-25)17(20,21)22/h2-4,10H,5-8H2,1H3,(H,23,26). The fourth-order valence-electron chi connectivity index (χ4n) is 2.71. The fourth-order valence-corrected chi connectivity index (χ4v) is 3.72. The monoisotopic (exact) mass is 449 g/mol. The Balaban J connectivity index is 1.73. The van der Waals surface area contributed by atoms with Gasteiger partial charge in [-0.15, -0.1) is 0 Å². The van der Waals surface area contributed by atoms with E-state index < -0.39 is 11.9 Å². The van der Waals surface area contributed by atoms with E-state index in [0.29, 0.717) is 16.4 Å². The van der Waals surface area contributed by atoms with Crippen molar-refractivity contribution in [1.82, 2.24) is 9.78 Å². The molecule has 0 radical (unpaired) electrons. The van der Waals surface area contributed by atoms with Crippen LogP contribution in [0.3, 0.4) is 0 Å². The first kappa shape index (κ1) is 19.2. The summed E-state index contributed by atoms with van der Waals surface area (Å²) in [7, 11) is 0. The van der Waals surface area contributed by atoms with E-state index >= 15 is 0 Å². The predicted molar refractivity (Wildman–Crippen MR) is 96.3 cm³/mol. The first-order valence-electron chi connectivity index (χ1n) is 8.07. The van der Waals surface area contributed by atoms with Crippen LogP contribution in [0.1, 0.15) is 42.1 Å². The Labute approximate surface area is 161 Å². The van der Waals surface area contributed by atoms with Crippen LogP contribution < -0.4 is 5.32 Å². The second-order valence-electron chi connectivity index (χ2n) is 6.25. The summed E-state index contributed by atoms with van der Waals surface area (Å²) in [4.78, 5) is 12.2. The van der Waals surface area contributed by atoms with Crippen molar-refractivity contribution in [1.29, 1.82) is 0 Å². The summed E-state index contributed by atoms with van der Waals surface area (Å²) in [6, 6.07) is 5.16. The Morgan fingerprint density at radius 2 is 2.12 bits per heavy atom. The van der Waals surface area contributed by atoms with Gasteiger partial charge in [-0.05, 0) is 53.4 Å².